The number of aryl methyl sites for hydroxylation is 9. The predicted octanol–water partition coefficient (Wildman–Crippen LogP) is 19.7. The standard InChI is InChI=1S/C23H22O.C21H18O2.C21H18O.C15H14O.C8H10O3S.C2H6.5CH4O3S/c1-17-14-15-20(23(2,3)19-12-8-5-9-13-19)16-21(17)22(24)18-10-6-4-7-11-18;1-15-8-9-16(2)20(14-15)21(22)17-10-12-19(13-11-17)23-18-6-4-3-5-7-18;1-15-8-9-16(2)20(14-15)21(22)19-12-10-18(11-13-19)17-6-4-3-5-7-17;1-11-8-9-12(2)14(10-11)15(16)13-6-4-3-5-7-13;1-6-3-4-7(2)8(5-6)12(9,10)11;1-2;5*1-5(2,3)4/h4-16H,1-3H3;3-14H,1-2H3;3-14H,1-2H3;3-10H,1-2H3;3-5H,1-2H3,(H,9,10,11);1-2H3;5*1H3,(H,2,3,4). The molecular weight excluding hydrogens is 1700 g/mol. The van der Waals surface area contributed by atoms with Crippen molar-refractivity contribution in [3.05, 3.63) is 397 Å². The van der Waals surface area contributed by atoms with Gasteiger partial charge in [0.2, 0.25) is 0 Å². The van der Waals surface area contributed by atoms with E-state index in [1.165, 1.54) is 11.6 Å². The second-order valence-corrected chi connectivity index (χ2v) is 37.0. The zero-order chi connectivity index (χ0) is 94.3. The maximum absolute atomic E-state index is 12.9. The summed E-state index contributed by atoms with van der Waals surface area (Å²) in [5, 5.41) is 0. The van der Waals surface area contributed by atoms with Gasteiger partial charge in [0.25, 0.3) is 60.7 Å². The van der Waals surface area contributed by atoms with Crippen molar-refractivity contribution in [2.75, 3.05) is 31.3 Å². The molecule has 0 saturated heterocycles. The van der Waals surface area contributed by atoms with Crippen LogP contribution in [0.5, 0.6) is 11.5 Å². The molecule has 0 unspecified atom stereocenters. The molecule has 0 radical (unpaired) electrons. The van der Waals surface area contributed by atoms with Crippen LogP contribution in [0.3, 0.4) is 0 Å². The monoisotopic (exact) mass is 1810 g/mol. The van der Waals surface area contributed by atoms with Gasteiger partial charge in [0.05, 0.1) is 36.2 Å². The van der Waals surface area contributed by atoms with Crippen LogP contribution >= 0.6 is 0 Å². The zero-order valence-corrected chi connectivity index (χ0v) is 77.2. The molecule has 12 aromatic rings. The molecule has 0 aliphatic heterocycles. The number of carbonyl (C=O) groups excluding carboxylic acids is 4. The Hall–Kier alpha value is -11.4. The van der Waals surface area contributed by atoms with Gasteiger partial charge in [0.15, 0.2) is 23.1 Å². The minimum atomic E-state index is -4.06. The third-order valence-corrected chi connectivity index (χ3v) is 17.7. The van der Waals surface area contributed by atoms with Crippen molar-refractivity contribution < 1.29 is 102 Å². The van der Waals surface area contributed by atoms with Crippen LogP contribution in [0, 0.1) is 62.3 Å². The normalized spacial score (nSPS) is 10.8. The number of hydrogen-bond acceptors (Lipinski definition) is 17. The van der Waals surface area contributed by atoms with E-state index in [0.29, 0.717) is 48.2 Å². The number of para-hydroxylation sites is 1. The molecule has 0 heterocycles. The van der Waals surface area contributed by atoms with Gasteiger partial charge >= 0.3 is 0 Å². The van der Waals surface area contributed by atoms with Gasteiger partial charge in [-0.15, -0.1) is 0 Å². The highest BCUT2D eigenvalue weighted by Crippen LogP contribution is 2.34. The van der Waals surface area contributed by atoms with E-state index < -0.39 is 60.7 Å². The summed E-state index contributed by atoms with van der Waals surface area (Å²) in [6.07, 6.45) is 3.58. The summed E-state index contributed by atoms with van der Waals surface area (Å²) in [4.78, 5) is 50.4. The van der Waals surface area contributed by atoms with Gasteiger partial charge in [-0.05, 0) is 185 Å². The van der Waals surface area contributed by atoms with Crippen molar-refractivity contribution in [2.45, 2.75) is 100 Å². The third kappa shape index (κ3) is 45.1. The zero-order valence-electron chi connectivity index (χ0n) is 72.3. The van der Waals surface area contributed by atoms with Crippen molar-refractivity contribution >= 4 is 83.8 Å². The van der Waals surface area contributed by atoms with Crippen LogP contribution in [0.15, 0.2) is 296 Å². The summed E-state index contributed by atoms with van der Waals surface area (Å²) in [6, 6.07) is 93.2. The predicted molar refractivity (Wildman–Crippen MR) is 493 cm³/mol. The average molecular weight is 1810 g/mol. The highest BCUT2D eigenvalue weighted by atomic mass is 32.2. The van der Waals surface area contributed by atoms with Gasteiger partial charge in [0, 0.05) is 49.9 Å². The molecule has 0 spiro atoms. The summed E-state index contributed by atoms with van der Waals surface area (Å²) >= 11 is 0. The van der Waals surface area contributed by atoms with E-state index in [9.17, 15) is 69.7 Å². The van der Waals surface area contributed by atoms with Crippen molar-refractivity contribution in [1.29, 1.82) is 0 Å². The van der Waals surface area contributed by atoms with Gasteiger partial charge in [-0.25, -0.2) is 0 Å². The fraction of sp³-hybridized carbons (Fsp3) is 0.200. The minimum Gasteiger partial charge on any atom is -0.457 e. The van der Waals surface area contributed by atoms with Crippen LogP contribution in [0.1, 0.15) is 153 Å². The highest BCUT2D eigenvalue weighted by Gasteiger charge is 2.25. The Kier molecular flexibility index (Phi) is 44.7. The van der Waals surface area contributed by atoms with Crippen molar-refractivity contribution in [3.8, 4) is 22.6 Å². The largest absolute Gasteiger partial charge is 0.457 e. The lowest BCUT2D eigenvalue weighted by Crippen LogP contribution is -2.19. The van der Waals surface area contributed by atoms with Crippen LogP contribution in [-0.2, 0) is 66.1 Å². The number of hydrogen-bond donors (Lipinski definition) is 6. The number of benzene rings is 12. The second kappa shape index (κ2) is 51.0. The molecule has 0 atom stereocenters. The number of ketones is 4. The van der Waals surface area contributed by atoms with Crippen LogP contribution in [-0.4, -0.2) is 132 Å². The van der Waals surface area contributed by atoms with Gasteiger partial charge in [-0.1, -0.05) is 269 Å². The Morgan fingerprint density at radius 1 is 0.258 bits per heavy atom. The summed E-state index contributed by atoms with van der Waals surface area (Å²) in [5.74, 6) is 1.80. The molecule has 0 saturated carbocycles. The van der Waals surface area contributed by atoms with E-state index in [1.807, 2.05) is 281 Å². The molecule has 0 aliphatic rings. The number of ether oxygens (including phenoxy) is 1. The molecular formula is C95H108O23S6. The maximum atomic E-state index is 12.9. The second-order valence-electron chi connectivity index (χ2n) is 28.3. The Bertz CT molecular complexity index is 5980. The first-order valence-corrected chi connectivity index (χ1v) is 48.4. The van der Waals surface area contributed by atoms with Crippen LogP contribution in [0.2, 0.25) is 0 Å². The van der Waals surface area contributed by atoms with Crippen molar-refractivity contribution in [2.24, 2.45) is 0 Å². The fourth-order valence-electron chi connectivity index (χ4n) is 10.7. The van der Waals surface area contributed by atoms with E-state index in [4.69, 9.17) is 32.1 Å². The molecule has 124 heavy (non-hydrogen) atoms. The number of carbonyl (C=O) groups is 4. The molecule has 6 N–H and O–H groups in total. The first kappa shape index (κ1) is 109. The van der Waals surface area contributed by atoms with Crippen LogP contribution in [0.4, 0.5) is 0 Å². The Balaban J connectivity index is 0.000000493. The fourth-order valence-corrected chi connectivity index (χ4v) is 11.6. The number of rotatable bonds is 14. The van der Waals surface area contributed by atoms with Crippen molar-refractivity contribution in [1.82, 2.24) is 0 Å². The van der Waals surface area contributed by atoms with E-state index in [1.54, 1.807) is 26.0 Å². The highest BCUT2D eigenvalue weighted by molar-refractivity contribution is 7.86. The Labute approximate surface area is 731 Å². The summed E-state index contributed by atoms with van der Waals surface area (Å²) < 4.78 is 165. The summed E-state index contributed by atoms with van der Waals surface area (Å²) in [6.45, 7) is 25.7. The molecule has 12 aromatic carbocycles. The van der Waals surface area contributed by atoms with Crippen LogP contribution < -0.4 is 4.74 Å². The molecule has 662 valence electrons. The molecule has 0 bridgehead atoms. The summed E-state index contributed by atoms with van der Waals surface area (Å²) in [5.41, 5.74) is 19.2. The first-order chi connectivity index (χ1) is 57.4. The van der Waals surface area contributed by atoms with Gasteiger partial charge in [-0.3, -0.25) is 46.5 Å². The first-order valence-electron chi connectivity index (χ1n) is 37.7. The van der Waals surface area contributed by atoms with E-state index in [0.717, 1.165) is 106 Å². The van der Waals surface area contributed by atoms with Gasteiger partial charge in [0.1, 0.15) is 11.5 Å². The van der Waals surface area contributed by atoms with Crippen LogP contribution in [0.25, 0.3) is 11.1 Å². The maximum Gasteiger partial charge on any atom is 0.294 e. The molecule has 0 aromatic heterocycles. The molecule has 0 aliphatic carbocycles. The molecule has 29 heteroatoms. The molecule has 12 rings (SSSR count). The minimum absolute atomic E-state index is 0.0116. The smallest absolute Gasteiger partial charge is 0.294 e. The molecule has 0 fully saturated rings. The van der Waals surface area contributed by atoms with E-state index in [2.05, 4.69) is 68.4 Å². The van der Waals surface area contributed by atoms with E-state index >= 15 is 0 Å². The third-order valence-electron chi connectivity index (χ3n) is 16.7. The molecule has 23 nitrogen and oxygen atoms in total. The lowest BCUT2D eigenvalue weighted by Gasteiger charge is -2.27. The lowest BCUT2D eigenvalue weighted by molar-refractivity contribution is 0.103. The summed E-state index contributed by atoms with van der Waals surface area (Å²) in [7, 11) is -22.4. The average Bonchev–Trinajstić information content (AvgIpc) is 0.775. The topological polar surface area (TPSA) is 404 Å². The van der Waals surface area contributed by atoms with E-state index in [-0.39, 0.29) is 33.4 Å². The lowest BCUT2D eigenvalue weighted by atomic mass is 9.77. The Morgan fingerprint density at radius 2 is 0.492 bits per heavy atom. The van der Waals surface area contributed by atoms with Gasteiger partial charge in [-0.2, -0.15) is 50.5 Å². The molecule has 0 amide bonds. The Morgan fingerprint density at radius 3 is 0.798 bits per heavy atom. The van der Waals surface area contributed by atoms with Crippen molar-refractivity contribution in [3.63, 3.8) is 0 Å². The SMILES string of the molecule is CC.CS(=O)(=O)O.CS(=O)(=O)O.CS(=O)(=O)O.CS(=O)(=O)O.CS(=O)(=O)O.Cc1ccc(C(C)(C)c2ccccc2)cc1C(=O)c1ccccc1.Cc1ccc(C)c(C(=O)c2ccc(-c3ccccc3)cc2)c1.Cc1ccc(C)c(C(=O)c2ccc(Oc3ccccc3)cc2)c1.Cc1ccc(C)c(C(=O)c2ccccc2)c1.Cc1ccc(C)c(S(=O)(=O)O)c1. The quantitative estimate of drug-likeness (QED) is 0.0435. The van der Waals surface area contributed by atoms with Gasteiger partial charge < -0.3 is 4.74 Å².